The number of fused-ring (bicyclic) bond motifs is 2. The number of para-hydroxylation sites is 1. The van der Waals surface area contributed by atoms with Crippen molar-refractivity contribution in [2.75, 3.05) is 9.80 Å². The SMILES string of the molecule is C=C/C=C(\C=C/C)N(c1ccc(-c2ccc(N(c3ccccc3)c3cccc4ccccc34)cc2)cc1)c1cccc2ccccc12. The first-order valence-electron chi connectivity index (χ1n) is 16.0. The van der Waals surface area contributed by atoms with E-state index in [0.717, 1.165) is 39.7 Å². The van der Waals surface area contributed by atoms with Crippen LogP contribution in [-0.4, -0.2) is 0 Å². The number of benzene rings is 7. The van der Waals surface area contributed by atoms with E-state index < -0.39 is 0 Å². The summed E-state index contributed by atoms with van der Waals surface area (Å²) in [5.41, 5.74) is 8.97. The van der Waals surface area contributed by atoms with Gasteiger partial charge < -0.3 is 9.80 Å². The van der Waals surface area contributed by atoms with Crippen LogP contribution in [0.25, 0.3) is 32.7 Å². The van der Waals surface area contributed by atoms with Gasteiger partial charge >= 0.3 is 0 Å². The molecule has 226 valence electrons. The molecule has 0 unspecified atom stereocenters. The minimum absolute atomic E-state index is 1.05. The third-order valence-corrected chi connectivity index (χ3v) is 8.50. The van der Waals surface area contributed by atoms with E-state index in [1.165, 1.54) is 27.1 Å². The van der Waals surface area contributed by atoms with Gasteiger partial charge in [0, 0.05) is 33.5 Å². The van der Waals surface area contributed by atoms with Gasteiger partial charge in [-0.05, 0) is 89.5 Å². The van der Waals surface area contributed by atoms with E-state index >= 15 is 0 Å². The fourth-order valence-corrected chi connectivity index (χ4v) is 6.34. The van der Waals surface area contributed by atoms with E-state index in [1.54, 1.807) is 0 Å². The highest BCUT2D eigenvalue weighted by molar-refractivity contribution is 5.99. The summed E-state index contributed by atoms with van der Waals surface area (Å²) in [6.07, 6.45) is 8.11. The van der Waals surface area contributed by atoms with E-state index in [1.807, 2.05) is 13.0 Å². The van der Waals surface area contributed by atoms with Crippen LogP contribution >= 0.6 is 0 Å². The number of anilines is 5. The summed E-state index contributed by atoms with van der Waals surface area (Å²) < 4.78 is 0. The van der Waals surface area contributed by atoms with Gasteiger partial charge in [-0.15, -0.1) is 0 Å². The minimum Gasteiger partial charge on any atom is -0.310 e. The Hall–Kier alpha value is -6.12. The highest BCUT2D eigenvalue weighted by atomic mass is 15.2. The summed E-state index contributed by atoms with van der Waals surface area (Å²) in [6.45, 7) is 6.05. The normalized spacial score (nSPS) is 11.6. The van der Waals surface area contributed by atoms with Crippen LogP contribution in [0.4, 0.5) is 28.4 Å². The maximum atomic E-state index is 4.00. The van der Waals surface area contributed by atoms with Gasteiger partial charge in [-0.2, -0.15) is 0 Å². The molecule has 7 aromatic rings. The van der Waals surface area contributed by atoms with Crippen molar-refractivity contribution < 1.29 is 0 Å². The van der Waals surface area contributed by atoms with Crippen molar-refractivity contribution in [2.45, 2.75) is 6.92 Å². The van der Waals surface area contributed by atoms with Crippen LogP contribution in [0.2, 0.25) is 0 Å². The number of hydrogen-bond acceptors (Lipinski definition) is 2. The molecule has 2 heteroatoms. The van der Waals surface area contributed by atoms with Gasteiger partial charge in [-0.25, -0.2) is 0 Å². The first-order valence-corrected chi connectivity index (χ1v) is 16.0. The third kappa shape index (κ3) is 5.97. The second-order valence-corrected chi connectivity index (χ2v) is 11.4. The van der Waals surface area contributed by atoms with Crippen LogP contribution in [0, 0.1) is 0 Å². The molecule has 0 amide bonds. The van der Waals surface area contributed by atoms with Crippen molar-refractivity contribution in [1.29, 1.82) is 0 Å². The van der Waals surface area contributed by atoms with Gasteiger partial charge in [-0.3, -0.25) is 0 Å². The van der Waals surface area contributed by atoms with Crippen LogP contribution in [0.15, 0.2) is 200 Å². The molecule has 0 saturated carbocycles. The molecular weight excluding hydrogens is 569 g/mol. The van der Waals surface area contributed by atoms with E-state index in [0.29, 0.717) is 0 Å². The number of allylic oxidation sites excluding steroid dienone is 4. The third-order valence-electron chi connectivity index (χ3n) is 8.50. The predicted octanol–water partition coefficient (Wildman–Crippen LogP) is 12.9. The van der Waals surface area contributed by atoms with Crippen molar-refractivity contribution in [3.8, 4) is 11.1 Å². The van der Waals surface area contributed by atoms with E-state index in [2.05, 4.69) is 198 Å². The average molecular weight is 605 g/mol. The molecule has 2 nitrogen and oxygen atoms in total. The average Bonchev–Trinajstić information content (AvgIpc) is 3.13. The summed E-state index contributed by atoms with van der Waals surface area (Å²) in [7, 11) is 0. The topological polar surface area (TPSA) is 6.48 Å². The van der Waals surface area contributed by atoms with Crippen molar-refractivity contribution in [1.82, 2.24) is 0 Å². The Balaban J connectivity index is 1.26. The van der Waals surface area contributed by atoms with Crippen molar-refractivity contribution >= 4 is 50.0 Å². The van der Waals surface area contributed by atoms with Gasteiger partial charge in [0.2, 0.25) is 0 Å². The van der Waals surface area contributed by atoms with Gasteiger partial charge in [0.1, 0.15) is 0 Å². The van der Waals surface area contributed by atoms with E-state index in [9.17, 15) is 0 Å². The molecule has 0 heterocycles. The van der Waals surface area contributed by atoms with Gasteiger partial charge in [0.05, 0.1) is 11.4 Å². The standard InChI is InChI=1S/C45H36N2/c1-3-14-38(15-4-2)46(44-24-12-18-36-16-8-10-22-42(36)44)40-30-26-34(27-31-40)35-28-32-41(33-29-35)47(39-20-6-5-7-21-39)45-25-13-19-37-17-9-11-23-43(37)45/h3-33H,1H2,2H3/b15-4-,38-14+. The van der Waals surface area contributed by atoms with Crippen molar-refractivity contribution in [3.05, 3.63) is 200 Å². The highest BCUT2D eigenvalue weighted by Crippen LogP contribution is 2.40. The maximum absolute atomic E-state index is 4.00. The van der Waals surface area contributed by atoms with Gasteiger partial charge in [0.15, 0.2) is 0 Å². The molecule has 0 radical (unpaired) electrons. The molecule has 0 aromatic heterocycles. The quantitative estimate of drug-likeness (QED) is 0.151. The van der Waals surface area contributed by atoms with Crippen molar-refractivity contribution in [2.24, 2.45) is 0 Å². The van der Waals surface area contributed by atoms with Crippen molar-refractivity contribution in [3.63, 3.8) is 0 Å². The molecule has 0 aliphatic carbocycles. The lowest BCUT2D eigenvalue weighted by atomic mass is 10.0. The molecule has 0 atom stereocenters. The first kappa shape index (κ1) is 29.6. The highest BCUT2D eigenvalue weighted by Gasteiger charge is 2.17. The van der Waals surface area contributed by atoms with Crippen LogP contribution in [0.1, 0.15) is 6.92 Å². The fraction of sp³-hybridized carbons (Fsp3) is 0.0222. The Morgan fingerprint density at radius 2 is 0.979 bits per heavy atom. The zero-order valence-electron chi connectivity index (χ0n) is 26.5. The lowest BCUT2D eigenvalue weighted by molar-refractivity contribution is 1.22. The van der Waals surface area contributed by atoms with E-state index in [-0.39, 0.29) is 0 Å². The predicted molar refractivity (Wildman–Crippen MR) is 203 cm³/mol. The Morgan fingerprint density at radius 1 is 0.489 bits per heavy atom. The monoisotopic (exact) mass is 604 g/mol. The van der Waals surface area contributed by atoms with Crippen LogP contribution in [0.5, 0.6) is 0 Å². The second kappa shape index (κ2) is 13.5. The Kier molecular flexibility index (Phi) is 8.48. The lowest BCUT2D eigenvalue weighted by Gasteiger charge is -2.28. The van der Waals surface area contributed by atoms with Crippen LogP contribution < -0.4 is 9.80 Å². The molecule has 0 aliphatic rings. The zero-order chi connectivity index (χ0) is 32.0. The van der Waals surface area contributed by atoms with Crippen LogP contribution in [0.3, 0.4) is 0 Å². The summed E-state index contributed by atoms with van der Waals surface area (Å²) in [5.74, 6) is 0. The minimum atomic E-state index is 1.05. The zero-order valence-corrected chi connectivity index (χ0v) is 26.5. The largest absolute Gasteiger partial charge is 0.310 e. The molecule has 0 N–H and O–H groups in total. The summed E-state index contributed by atoms with van der Waals surface area (Å²) in [5, 5.41) is 4.85. The Bertz CT molecular complexity index is 2200. The summed E-state index contributed by atoms with van der Waals surface area (Å²) in [6, 6.07) is 58.4. The molecule has 0 aliphatic heterocycles. The lowest BCUT2D eigenvalue weighted by Crippen LogP contribution is -2.15. The maximum Gasteiger partial charge on any atom is 0.0540 e. The molecule has 7 rings (SSSR count). The molecule has 7 aromatic carbocycles. The second-order valence-electron chi connectivity index (χ2n) is 11.4. The smallest absolute Gasteiger partial charge is 0.0540 e. The molecule has 0 spiro atoms. The number of nitrogens with zero attached hydrogens (tertiary/aromatic N) is 2. The Labute approximate surface area is 277 Å². The fourth-order valence-electron chi connectivity index (χ4n) is 6.34. The molecule has 47 heavy (non-hydrogen) atoms. The molecule has 0 bridgehead atoms. The molecule has 0 saturated heterocycles. The Morgan fingerprint density at radius 3 is 1.57 bits per heavy atom. The van der Waals surface area contributed by atoms with Crippen LogP contribution in [-0.2, 0) is 0 Å². The van der Waals surface area contributed by atoms with E-state index in [4.69, 9.17) is 0 Å². The summed E-state index contributed by atoms with van der Waals surface area (Å²) >= 11 is 0. The molecule has 0 fully saturated rings. The molecular formula is C45H36N2. The number of rotatable bonds is 9. The van der Waals surface area contributed by atoms with Gasteiger partial charge in [-0.1, -0.05) is 134 Å². The number of hydrogen-bond donors (Lipinski definition) is 0. The first-order chi connectivity index (χ1) is 23.2. The van der Waals surface area contributed by atoms with Gasteiger partial charge in [0.25, 0.3) is 0 Å². The summed E-state index contributed by atoms with van der Waals surface area (Å²) in [4.78, 5) is 4.64.